The third-order valence-corrected chi connectivity index (χ3v) is 1.86. The van der Waals surface area contributed by atoms with Gasteiger partial charge in [0, 0.05) is 0 Å². The molecule has 3 heteroatoms. The van der Waals surface area contributed by atoms with Crippen molar-refractivity contribution < 1.29 is 14.6 Å². The largest absolute Gasteiger partial charge is 0.348 e. The monoisotopic (exact) mass is 172 g/mol. The second-order valence-corrected chi connectivity index (χ2v) is 4.63. The molecule has 0 aliphatic heterocycles. The summed E-state index contributed by atoms with van der Waals surface area (Å²) >= 11 is 0. The Hall–Kier alpha value is -0.570. The van der Waals surface area contributed by atoms with Crippen LogP contribution in [0.5, 0.6) is 0 Å². The van der Waals surface area contributed by atoms with Gasteiger partial charge >= 0.3 is 5.97 Å². The molecule has 12 heavy (non-hydrogen) atoms. The summed E-state index contributed by atoms with van der Waals surface area (Å²) < 4.78 is 0. The average molecular weight is 172 g/mol. The zero-order chi connectivity index (χ0) is 9.41. The lowest BCUT2D eigenvalue weighted by Crippen LogP contribution is -2.25. The fraction of sp³-hybridized carbons (Fsp3) is 0.889. The van der Waals surface area contributed by atoms with Gasteiger partial charge in [-0.25, -0.2) is 4.79 Å². The lowest BCUT2D eigenvalue weighted by Gasteiger charge is -2.17. The summed E-state index contributed by atoms with van der Waals surface area (Å²) in [5, 5.41) is 0. The molecular weight excluding hydrogens is 156 g/mol. The first-order valence-electron chi connectivity index (χ1n) is 4.24. The average Bonchev–Trinajstić information content (AvgIpc) is 2.62. The Morgan fingerprint density at radius 3 is 2.17 bits per heavy atom. The summed E-state index contributed by atoms with van der Waals surface area (Å²) in [6.07, 6.45) is 1.83. The molecule has 0 amide bonds. The van der Waals surface area contributed by atoms with E-state index >= 15 is 0 Å². The van der Waals surface area contributed by atoms with Crippen molar-refractivity contribution in [2.24, 2.45) is 5.41 Å². The lowest BCUT2D eigenvalue weighted by atomic mass is 10.1. The van der Waals surface area contributed by atoms with Gasteiger partial charge in [0.15, 0.2) is 0 Å². The first-order chi connectivity index (χ1) is 5.33. The maximum Gasteiger partial charge on any atom is 0.348 e. The predicted molar refractivity (Wildman–Crippen MR) is 44.3 cm³/mol. The molecule has 70 valence electrons. The Balaban J connectivity index is 2.29. The highest BCUT2D eigenvalue weighted by atomic mass is 17.2. The number of hydrogen-bond acceptors (Lipinski definition) is 3. The molecule has 0 spiro atoms. The van der Waals surface area contributed by atoms with E-state index in [1.54, 1.807) is 0 Å². The van der Waals surface area contributed by atoms with Gasteiger partial charge in [0.1, 0.15) is 5.60 Å². The maximum absolute atomic E-state index is 11.2. The van der Waals surface area contributed by atoms with Gasteiger partial charge in [0.05, 0.1) is 5.41 Å². The van der Waals surface area contributed by atoms with Gasteiger partial charge in [-0.3, -0.25) is 4.89 Å². The Morgan fingerprint density at radius 2 is 1.83 bits per heavy atom. The standard InChI is InChI=1S/C9H16O3/c1-8(2,3)12-11-7(10)9(4)5-6-9/h5-6H2,1-4H3. The van der Waals surface area contributed by atoms with E-state index in [4.69, 9.17) is 9.78 Å². The zero-order valence-electron chi connectivity index (χ0n) is 8.14. The van der Waals surface area contributed by atoms with E-state index in [1.165, 1.54) is 0 Å². The van der Waals surface area contributed by atoms with E-state index in [2.05, 4.69) is 0 Å². The fourth-order valence-corrected chi connectivity index (χ4v) is 0.655. The molecule has 0 aromatic heterocycles. The summed E-state index contributed by atoms with van der Waals surface area (Å²) in [4.78, 5) is 20.8. The molecule has 1 aliphatic carbocycles. The van der Waals surface area contributed by atoms with Gasteiger partial charge in [0.25, 0.3) is 0 Å². The first-order valence-corrected chi connectivity index (χ1v) is 4.24. The van der Waals surface area contributed by atoms with E-state index in [1.807, 2.05) is 27.7 Å². The Kier molecular flexibility index (Phi) is 2.17. The van der Waals surface area contributed by atoms with E-state index in [9.17, 15) is 4.79 Å². The zero-order valence-corrected chi connectivity index (χ0v) is 8.14. The number of hydrogen-bond donors (Lipinski definition) is 0. The molecule has 1 fully saturated rings. The minimum Gasteiger partial charge on any atom is -0.297 e. The third-order valence-electron chi connectivity index (χ3n) is 1.86. The number of carbonyl (C=O) groups excluding carboxylic acids is 1. The highest BCUT2D eigenvalue weighted by Gasteiger charge is 2.47. The van der Waals surface area contributed by atoms with Crippen LogP contribution in [0.3, 0.4) is 0 Å². The van der Waals surface area contributed by atoms with Crippen LogP contribution in [-0.4, -0.2) is 11.6 Å². The molecule has 1 rings (SSSR count). The van der Waals surface area contributed by atoms with Crippen molar-refractivity contribution in [2.45, 2.75) is 46.1 Å². The molecule has 1 saturated carbocycles. The second-order valence-electron chi connectivity index (χ2n) is 4.63. The molecule has 0 bridgehead atoms. The van der Waals surface area contributed by atoms with Crippen molar-refractivity contribution in [3.63, 3.8) is 0 Å². The van der Waals surface area contributed by atoms with Crippen LogP contribution < -0.4 is 0 Å². The van der Waals surface area contributed by atoms with Crippen LogP contribution in [0, 0.1) is 5.41 Å². The van der Waals surface area contributed by atoms with Crippen LogP contribution in [-0.2, 0) is 14.6 Å². The molecule has 0 saturated heterocycles. The minimum absolute atomic E-state index is 0.238. The van der Waals surface area contributed by atoms with Crippen LogP contribution in [0.1, 0.15) is 40.5 Å². The topological polar surface area (TPSA) is 35.5 Å². The SMILES string of the molecule is CC(C)(C)OOC(=O)C1(C)CC1. The Labute approximate surface area is 73.0 Å². The van der Waals surface area contributed by atoms with Gasteiger partial charge in [0.2, 0.25) is 0 Å². The molecule has 0 aromatic carbocycles. The van der Waals surface area contributed by atoms with Gasteiger partial charge in [-0.2, -0.15) is 4.89 Å². The van der Waals surface area contributed by atoms with Crippen LogP contribution in [0.2, 0.25) is 0 Å². The van der Waals surface area contributed by atoms with Gasteiger partial charge in [-0.05, 0) is 40.5 Å². The molecule has 0 aromatic rings. The van der Waals surface area contributed by atoms with Crippen molar-refractivity contribution in [2.75, 3.05) is 0 Å². The molecule has 3 nitrogen and oxygen atoms in total. The van der Waals surface area contributed by atoms with Crippen LogP contribution in [0.25, 0.3) is 0 Å². The molecular formula is C9H16O3. The summed E-state index contributed by atoms with van der Waals surface area (Å²) in [5.41, 5.74) is -0.674. The second kappa shape index (κ2) is 2.73. The molecule has 0 unspecified atom stereocenters. The van der Waals surface area contributed by atoms with Crippen molar-refractivity contribution in [1.29, 1.82) is 0 Å². The summed E-state index contributed by atoms with van der Waals surface area (Å²) in [6.45, 7) is 7.42. The van der Waals surface area contributed by atoms with Gasteiger partial charge in [-0.1, -0.05) is 0 Å². The van der Waals surface area contributed by atoms with Crippen LogP contribution in [0.4, 0.5) is 0 Å². The molecule has 0 heterocycles. The van der Waals surface area contributed by atoms with Crippen molar-refractivity contribution in [3.8, 4) is 0 Å². The quantitative estimate of drug-likeness (QED) is 0.472. The van der Waals surface area contributed by atoms with E-state index in [-0.39, 0.29) is 11.4 Å². The highest BCUT2D eigenvalue weighted by Crippen LogP contribution is 2.46. The smallest absolute Gasteiger partial charge is 0.297 e. The molecule has 1 aliphatic rings. The Morgan fingerprint density at radius 1 is 1.33 bits per heavy atom. The van der Waals surface area contributed by atoms with Gasteiger partial charge in [-0.15, -0.1) is 0 Å². The fourth-order valence-electron chi connectivity index (χ4n) is 0.655. The minimum atomic E-state index is -0.416. The summed E-state index contributed by atoms with van der Waals surface area (Å²) in [7, 11) is 0. The van der Waals surface area contributed by atoms with E-state index in [0.29, 0.717) is 0 Å². The highest BCUT2D eigenvalue weighted by molar-refractivity contribution is 5.78. The van der Waals surface area contributed by atoms with Crippen molar-refractivity contribution >= 4 is 5.97 Å². The lowest BCUT2D eigenvalue weighted by molar-refractivity contribution is -0.323. The summed E-state index contributed by atoms with van der Waals surface area (Å²) in [5.74, 6) is -0.238. The maximum atomic E-state index is 11.2. The van der Waals surface area contributed by atoms with E-state index in [0.717, 1.165) is 12.8 Å². The van der Waals surface area contributed by atoms with Gasteiger partial charge < -0.3 is 0 Å². The molecule has 0 N–H and O–H groups in total. The Bertz CT molecular complexity index is 186. The normalized spacial score (nSPS) is 20.3. The van der Waals surface area contributed by atoms with Crippen LogP contribution in [0.15, 0.2) is 0 Å². The van der Waals surface area contributed by atoms with Crippen molar-refractivity contribution in [1.82, 2.24) is 0 Å². The molecule has 0 atom stereocenters. The summed E-state index contributed by atoms with van der Waals surface area (Å²) in [6, 6.07) is 0. The first kappa shape index (κ1) is 9.52. The molecule has 0 radical (unpaired) electrons. The van der Waals surface area contributed by atoms with Crippen molar-refractivity contribution in [3.05, 3.63) is 0 Å². The number of carbonyl (C=O) groups is 1. The predicted octanol–water partition coefficient (Wildman–Crippen LogP) is 2.06. The number of rotatable bonds is 2. The van der Waals surface area contributed by atoms with Crippen LogP contribution >= 0.6 is 0 Å². The third kappa shape index (κ3) is 2.48. The van der Waals surface area contributed by atoms with E-state index < -0.39 is 5.60 Å².